The van der Waals surface area contributed by atoms with Crippen LogP contribution in [0.1, 0.15) is 43.7 Å². The minimum atomic E-state index is 0.436. The highest BCUT2D eigenvalue weighted by Gasteiger charge is 2.35. The number of rotatable bonds is 4. The molecule has 3 heteroatoms. The lowest BCUT2D eigenvalue weighted by Gasteiger charge is -2.37. The van der Waals surface area contributed by atoms with Crippen LogP contribution in [0, 0.1) is 6.92 Å². The van der Waals surface area contributed by atoms with Crippen LogP contribution in [-0.2, 0) is 6.54 Å². The maximum absolute atomic E-state index is 10.1. The molecular weight excluding hydrogens is 248 g/mol. The fourth-order valence-corrected chi connectivity index (χ4v) is 3.88. The van der Waals surface area contributed by atoms with E-state index < -0.39 is 0 Å². The molecule has 2 heterocycles. The molecule has 1 aromatic carbocycles. The third-order valence-electron chi connectivity index (χ3n) is 4.98. The quantitative estimate of drug-likeness (QED) is 0.886. The lowest BCUT2D eigenvalue weighted by atomic mass is 9.97. The van der Waals surface area contributed by atoms with E-state index in [2.05, 4.69) is 30.1 Å². The molecule has 20 heavy (non-hydrogen) atoms. The molecule has 1 aromatic rings. The summed E-state index contributed by atoms with van der Waals surface area (Å²) in [7, 11) is 0. The number of piperidine rings is 1. The highest BCUT2D eigenvalue weighted by molar-refractivity contribution is 5.35. The van der Waals surface area contributed by atoms with Gasteiger partial charge in [0.15, 0.2) is 0 Å². The number of aromatic hydroxyl groups is 1. The number of aryl methyl sites for hydroxylation is 1. The van der Waals surface area contributed by atoms with Crippen LogP contribution in [0.2, 0.25) is 0 Å². The largest absolute Gasteiger partial charge is 0.508 e. The second-order valence-electron chi connectivity index (χ2n) is 6.46. The SMILES string of the molecule is CCN(Cc1cc(C)ccc1O)C1CC2CCC(C1)N2. The molecule has 2 atom stereocenters. The van der Waals surface area contributed by atoms with Gasteiger partial charge in [-0.15, -0.1) is 0 Å². The van der Waals surface area contributed by atoms with Gasteiger partial charge in [-0.3, -0.25) is 4.90 Å². The minimum Gasteiger partial charge on any atom is -0.508 e. The summed E-state index contributed by atoms with van der Waals surface area (Å²) in [6, 6.07) is 8.02. The van der Waals surface area contributed by atoms with Gasteiger partial charge in [-0.25, -0.2) is 0 Å². The molecule has 110 valence electrons. The molecule has 0 saturated carbocycles. The van der Waals surface area contributed by atoms with E-state index in [0.717, 1.165) is 30.7 Å². The molecule has 2 saturated heterocycles. The lowest BCUT2D eigenvalue weighted by Crippen LogP contribution is -2.47. The van der Waals surface area contributed by atoms with Gasteiger partial charge in [0.2, 0.25) is 0 Å². The molecule has 2 bridgehead atoms. The summed E-state index contributed by atoms with van der Waals surface area (Å²) in [5.74, 6) is 0.436. The Hall–Kier alpha value is -1.06. The van der Waals surface area contributed by atoms with Crippen molar-refractivity contribution >= 4 is 0 Å². The molecule has 3 nitrogen and oxygen atoms in total. The Morgan fingerprint density at radius 2 is 1.95 bits per heavy atom. The Kier molecular flexibility index (Phi) is 3.99. The predicted octanol–water partition coefficient (Wildman–Crippen LogP) is 2.81. The number of phenols is 1. The van der Waals surface area contributed by atoms with Crippen LogP contribution in [0.25, 0.3) is 0 Å². The van der Waals surface area contributed by atoms with Crippen LogP contribution >= 0.6 is 0 Å². The van der Waals surface area contributed by atoms with E-state index in [0.29, 0.717) is 11.8 Å². The maximum Gasteiger partial charge on any atom is 0.120 e. The number of benzene rings is 1. The van der Waals surface area contributed by atoms with Gasteiger partial charge in [-0.2, -0.15) is 0 Å². The molecule has 2 unspecified atom stereocenters. The van der Waals surface area contributed by atoms with Crippen LogP contribution in [0.5, 0.6) is 5.75 Å². The molecule has 2 aliphatic heterocycles. The third-order valence-corrected chi connectivity index (χ3v) is 4.98. The van der Waals surface area contributed by atoms with Crippen LogP contribution in [0.3, 0.4) is 0 Å². The molecule has 2 N–H and O–H groups in total. The summed E-state index contributed by atoms with van der Waals surface area (Å²) >= 11 is 0. The molecular formula is C17H26N2O. The molecule has 2 fully saturated rings. The first-order valence-electron chi connectivity index (χ1n) is 7.94. The summed E-state index contributed by atoms with van der Waals surface area (Å²) in [6.07, 6.45) is 5.21. The van der Waals surface area contributed by atoms with Gasteiger partial charge in [0.1, 0.15) is 5.75 Å². The van der Waals surface area contributed by atoms with Crippen molar-refractivity contribution in [3.8, 4) is 5.75 Å². The first kappa shape index (κ1) is 13.9. The smallest absolute Gasteiger partial charge is 0.120 e. The van der Waals surface area contributed by atoms with Gasteiger partial charge in [0.05, 0.1) is 0 Å². The predicted molar refractivity (Wildman–Crippen MR) is 81.9 cm³/mol. The van der Waals surface area contributed by atoms with Crippen molar-refractivity contribution < 1.29 is 5.11 Å². The van der Waals surface area contributed by atoms with Gasteiger partial charge in [-0.1, -0.05) is 24.6 Å². The zero-order chi connectivity index (χ0) is 14.1. The fourth-order valence-electron chi connectivity index (χ4n) is 3.88. The third kappa shape index (κ3) is 2.84. The second kappa shape index (κ2) is 5.74. The number of nitrogens with zero attached hydrogens (tertiary/aromatic N) is 1. The first-order valence-corrected chi connectivity index (χ1v) is 7.94. The van der Waals surface area contributed by atoms with E-state index >= 15 is 0 Å². The van der Waals surface area contributed by atoms with E-state index in [1.807, 2.05) is 12.1 Å². The van der Waals surface area contributed by atoms with Gasteiger partial charge < -0.3 is 10.4 Å². The Bertz CT molecular complexity index is 462. The Morgan fingerprint density at radius 1 is 1.25 bits per heavy atom. The van der Waals surface area contributed by atoms with Gasteiger partial charge in [0.25, 0.3) is 0 Å². The van der Waals surface area contributed by atoms with Crippen LogP contribution in [0.15, 0.2) is 18.2 Å². The molecule has 2 aliphatic rings. The highest BCUT2D eigenvalue weighted by Crippen LogP contribution is 2.31. The van der Waals surface area contributed by atoms with Gasteiger partial charge in [-0.05, 0) is 45.2 Å². The van der Waals surface area contributed by atoms with Gasteiger partial charge >= 0.3 is 0 Å². The van der Waals surface area contributed by atoms with Crippen LogP contribution < -0.4 is 5.32 Å². The van der Waals surface area contributed by atoms with Gasteiger partial charge in [0, 0.05) is 30.2 Å². The minimum absolute atomic E-state index is 0.436. The fraction of sp³-hybridized carbons (Fsp3) is 0.647. The lowest BCUT2D eigenvalue weighted by molar-refractivity contribution is 0.139. The van der Waals surface area contributed by atoms with Crippen LogP contribution in [-0.4, -0.2) is 34.7 Å². The highest BCUT2D eigenvalue weighted by atomic mass is 16.3. The van der Waals surface area contributed by atoms with E-state index in [1.165, 1.54) is 31.2 Å². The number of phenolic OH excluding ortho intramolecular Hbond substituents is 1. The maximum atomic E-state index is 10.1. The standard InChI is InChI=1S/C17H26N2O/c1-3-19(11-13-8-12(2)4-7-17(13)20)16-9-14-5-6-15(10-16)18-14/h4,7-8,14-16,18,20H,3,5-6,9-11H2,1-2H3. The number of fused-ring (bicyclic) bond motifs is 2. The number of hydrogen-bond acceptors (Lipinski definition) is 3. The van der Waals surface area contributed by atoms with E-state index in [-0.39, 0.29) is 0 Å². The number of hydrogen-bond donors (Lipinski definition) is 2. The molecule has 0 spiro atoms. The van der Waals surface area contributed by atoms with Crippen LogP contribution in [0.4, 0.5) is 0 Å². The summed E-state index contributed by atoms with van der Waals surface area (Å²) in [5.41, 5.74) is 2.29. The average Bonchev–Trinajstić information content (AvgIpc) is 2.78. The molecule has 0 radical (unpaired) electrons. The van der Waals surface area contributed by atoms with Crippen molar-refractivity contribution in [3.05, 3.63) is 29.3 Å². The zero-order valence-corrected chi connectivity index (χ0v) is 12.6. The monoisotopic (exact) mass is 274 g/mol. The second-order valence-corrected chi connectivity index (χ2v) is 6.46. The summed E-state index contributed by atoms with van der Waals surface area (Å²) in [5, 5.41) is 13.8. The Balaban J connectivity index is 1.72. The van der Waals surface area contributed by atoms with Crippen molar-refractivity contribution in [1.82, 2.24) is 10.2 Å². The van der Waals surface area contributed by atoms with E-state index in [9.17, 15) is 5.11 Å². The van der Waals surface area contributed by atoms with E-state index in [4.69, 9.17) is 0 Å². The average molecular weight is 274 g/mol. The zero-order valence-electron chi connectivity index (χ0n) is 12.6. The Morgan fingerprint density at radius 3 is 2.60 bits per heavy atom. The van der Waals surface area contributed by atoms with Crippen molar-refractivity contribution in [3.63, 3.8) is 0 Å². The summed E-state index contributed by atoms with van der Waals surface area (Å²) in [6.45, 7) is 6.24. The topological polar surface area (TPSA) is 35.5 Å². The molecule has 0 amide bonds. The van der Waals surface area contributed by atoms with Crippen molar-refractivity contribution in [2.45, 2.75) is 64.2 Å². The Labute approximate surface area is 122 Å². The van der Waals surface area contributed by atoms with Crippen molar-refractivity contribution in [2.75, 3.05) is 6.54 Å². The molecule has 3 rings (SSSR count). The number of nitrogens with one attached hydrogen (secondary N) is 1. The molecule has 0 aromatic heterocycles. The van der Waals surface area contributed by atoms with Crippen molar-refractivity contribution in [1.29, 1.82) is 0 Å². The van der Waals surface area contributed by atoms with Crippen molar-refractivity contribution in [2.24, 2.45) is 0 Å². The summed E-state index contributed by atoms with van der Waals surface area (Å²) in [4.78, 5) is 2.54. The molecule has 0 aliphatic carbocycles. The van der Waals surface area contributed by atoms with E-state index in [1.54, 1.807) is 0 Å². The summed E-state index contributed by atoms with van der Waals surface area (Å²) < 4.78 is 0. The normalized spacial score (nSPS) is 29.1. The first-order chi connectivity index (χ1) is 9.65.